The van der Waals surface area contributed by atoms with Crippen LogP contribution in [0.4, 0.5) is 13.6 Å². The third kappa shape index (κ3) is 3.41. The van der Waals surface area contributed by atoms with Crippen LogP contribution in [0.1, 0.15) is 60.8 Å². The lowest BCUT2D eigenvalue weighted by molar-refractivity contribution is -0.255. The minimum Gasteiger partial charge on any atom is -0.479 e. The van der Waals surface area contributed by atoms with Gasteiger partial charge in [-0.15, -0.1) is 0 Å². The number of ketones is 1. The summed E-state index contributed by atoms with van der Waals surface area (Å²) in [7, 11) is 0. The van der Waals surface area contributed by atoms with Gasteiger partial charge < -0.3 is 29.2 Å². The van der Waals surface area contributed by atoms with Gasteiger partial charge >= 0.3 is 12.1 Å². The lowest BCUT2D eigenvalue weighted by Crippen LogP contribution is -2.72. The van der Waals surface area contributed by atoms with Crippen molar-refractivity contribution in [3.05, 3.63) is 23.3 Å². The fourth-order valence-corrected chi connectivity index (χ4v) is 8.72. The Morgan fingerprint density at radius 3 is 2.46 bits per heavy atom. The van der Waals surface area contributed by atoms with Crippen LogP contribution in [-0.2, 0) is 28.5 Å². The van der Waals surface area contributed by atoms with E-state index < -0.39 is 82.1 Å². The Balaban J connectivity index is 1.63. The number of ether oxygens (including phenoxy) is 4. The molecule has 0 spiro atoms. The van der Waals surface area contributed by atoms with Crippen LogP contribution in [0.25, 0.3) is 0 Å². The number of rotatable bonds is 4. The molecule has 5 rings (SSSR count). The van der Waals surface area contributed by atoms with Gasteiger partial charge in [0.05, 0.1) is 18.1 Å². The van der Waals surface area contributed by atoms with Crippen LogP contribution in [0, 0.1) is 22.7 Å². The van der Waals surface area contributed by atoms with Gasteiger partial charge in [-0.3, -0.25) is 4.79 Å². The summed E-state index contributed by atoms with van der Waals surface area (Å²) in [5.74, 6) is -4.97. The standard InChI is InChI=1S/C28H36F2O9/c1-7-36-23(35)37-13(2)15-8-14(31)9-18-19(29)10-17-16-11-21-28(22(33)34,39-24(3,4)38-21)25(16,5)12-20(32)27(17,30)26(15,18)6/h8-9,13,16-17,19-21,32H,7,10-12H2,1-6H3,(H,33,34)/t13?,16-,17-,19-,20-,21+,25-,26-,27-,28-/m0/s1. The first-order valence-corrected chi connectivity index (χ1v) is 13.4. The van der Waals surface area contributed by atoms with Crippen molar-refractivity contribution in [2.75, 3.05) is 6.61 Å². The van der Waals surface area contributed by atoms with Crippen molar-refractivity contribution in [2.24, 2.45) is 22.7 Å². The molecule has 0 aromatic rings. The number of carbonyl (C=O) groups is 3. The monoisotopic (exact) mass is 554 g/mol. The highest BCUT2D eigenvalue weighted by atomic mass is 19.1. The highest BCUT2D eigenvalue weighted by Gasteiger charge is 2.82. The number of hydrogen-bond donors (Lipinski definition) is 2. The zero-order chi connectivity index (χ0) is 28.9. The molecule has 9 nitrogen and oxygen atoms in total. The quantitative estimate of drug-likeness (QED) is 0.499. The van der Waals surface area contributed by atoms with Gasteiger partial charge in [0.25, 0.3) is 0 Å². The Morgan fingerprint density at radius 1 is 1.18 bits per heavy atom. The van der Waals surface area contributed by atoms with Gasteiger partial charge in [0.1, 0.15) is 18.4 Å². The van der Waals surface area contributed by atoms with E-state index in [1.807, 2.05) is 0 Å². The van der Waals surface area contributed by atoms with Crippen LogP contribution < -0.4 is 0 Å². The molecule has 0 aromatic carbocycles. The molecule has 0 bridgehead atoms. The van der Waals surface area contributed by atoms with Crippen molar-refractivity contribution in [1.82, 2.24) is 0 Å². The number of carboxylic acid groups (broad SMARTS) is 1. The molecule has 0 radical (unpaired) electrons. The first-order valence-electron chi connectivity index (χ1n) is 13.4. The molecule has 1 saturated heterocycles. The number of aliphatic carboxylic acids is 1. The summed E-state index contributed by atoms with van der Waals surface area (Å²) in [4.78, 5) is 37.6. The fraction of sp³-hybridized carbons (Fsp3) is 0.750. The van der Waals surface area contributed by atoms with E-state index in [2.05, 4.69) is 0 Å². The number of halogens is 2. The van der Waals surface area contributed by atoms with Gasteiger partial charge in [-0.1, -0.05) is 6.92 Å². The molecule has 3 saturated carbocycles. The summed E-state index contributed by atoms with van der Waals surface area (Å²) < 4.78 is 56.3. The predicted molar refractivity (Wildman–Crippen MR) is 131 cm³/mol. The lowest BCUT2D eigenvalue weighted by Gasteiger charge is -2.64. The van der Waals surface area contributed by atoms with Gasteiger partial charge in [-0.2, -0.15) is 0 Å². The second-order valence-corrected chi connectivity index (χ2v) is 12.4. The van der Waals surface area contributed by atoms with Gasteiger partial charge in [0.2, 0.25) is 0 Å². The lowest BCUT2D eigenvalue weighted by atomic mass is 9.43. The van der Waals surface area contributed by atoms with Crippen molar-refractivity contribution in [1.29, 1.82) is 0 Å². The molecule has 1 aliphatic heterocycles. The first kappa shape index (κ1) is 28.2. The van der Waals surface area contributed by atoms with Crippen LogP contribution in [0.15, 0.2) is 23.3 Å². The third-order valence-electron chi connectivity index (χ3n) is 10.2. The highest BCUT2D eigenvalue weighted by molar-refractivity contribution is 6.02. The minimum atomic E-state index is -2.53. The molecule has 0 aromatic heterocycles. The van der Waals surface area contributed by atoms with Crippen molar-refractivity contribution in [3.8, 4) is 0 Å². The molecule has 1 unspecified atom stereocenters. The molecular weight excluding hydrogens is 518 g/mol. The van der Waals surface area contributed by atoms with Gasteiger partial charge in [-0.25, -0.2) is 18.4 Å². The van der Waals surface area contributed by atoms with E-state index in [0.29, 0.717) is 0 Å². The second-order valence-electron chi connectivity index (χ2n) is 12.4. The molecular formula is C28H36F2O9. The van der Waals surface area contributed by atoms with Gasteiger partial charge in [-0.05, 0) is 83.1 Å². The maximum atomic E-state index is 18.0. The van der Waals surface area contributed by atoms with E-state index in [9.17, 15) is 24.6 Å². The summed E-state index contributed by atoms with van der Waals surface area (Å²) in [6.07, 6.45) is -5.08. The fourth-order valence-electron chi connectivity index (χ4n) is 8.72. The van der Waals surface area contributed by atoms with E-state index in [-0.39, 0.29) is 37.0 Å². The molecule has 4 fully saturated rings. The Labute approximate surface area is 225 Å². The van der Waals surface area contributed by atoms with Crippen molar-refractivity contribution >= 4 is 17.9 Å². The number of fused-ring (bicyclic) bond motifs is 7. The van der Waals surface area contributed by atoms with Gasteiger partial charge in [0, 0.05) is 11.3 Å². The highest BCUT2D eigenvalue weighted by Crippen LogP contribution is 2.73. The average Bonchev–Trinajstić information content (AvgIpc) is 3.23. The van der Waals surface area contributed by atoms with E-state index in [4.69, 9.17) is 18.9 Å². The number of carbonyl (C=O) groups excluding carboxylic acids is 2. The number of aliphatic hydroxyl groups excluding tert-OH is 1. The number of hydrogen-bond acceptors (Lipinski definition) is 8. The Morgan fingerprint density at radius 2 is 1.85 bits per heavy atom. The summed E-state index contributed by atoms with van der Waals surface area (Å²) in [5.41, 5.74) is -7.69. The zero-order valence-electron chi connectivity index (χ0n) is 23.0. The molecule has 4 aliphatic carbocycles. The molecule has 0 amide bonds. The van der Waals surface area contributed by atoms with E-state index >= 15 is 8.78 Å². The molecule has 2 N–H and O–H groups in total. The van der Waals surface area contributed by atoms with E-state index in [1.54, 1.807) is 27.7 Å². The number of allylic oxidation sites excluding steroid dienone is 3. The van der Waals surface area contributed by atoms with Crippen LogP contribution in [0.5, 0.6) is 0 Å². The topological polar surface area (TPSA) is 129 Å². The Kier molecular flexibility index (Phi) is 6.19. The molecule has 5 aliphatic rings. The molecule has 10 atom stereocenters. The second kappa shape index (κ2) is 8.57. The number of carboxylic acids is 1. The van der Waals surface area contributed by atoms with Crippen LogP contribution in [0.2, 0.25) is 0 Å². The number of aliphatic hydroxyl groups is 1. The van der Waals surface area contributed by atoms with Crippen LogP contribution in [0.3, 0.4) is 0 Å². The predicted octanol–water partition coefficient (Wildman–Crippen LogP) is 3.82. The normalized spacial score (nSPS) is 46.6. The molecule has 1 heterocycles. The zero-order valence-corrected chi connectivity index (χ0v) is 23.0. The molecule has 11 heteroatoms. The largest absolute Gasteiger partial charge is 0.508 e. The molecule has 216 valence electrons. The van der Waals surface area contributed by atoms with E-state index in [0.717, 1.165) is 12.2 Å². The summed E-state index contributed by atoms with van der Waals surface area (Å²) in [6.45, 7) is 9.32. The maximum Gasteiger partial charge on any atom is 0.508 e. The van der Waals surface area contributed by atoms with Crippen molar-refractivity contribution < 1.29 is 52.3 Å². The Bertz CT molecular complexity index is 1180. The minimum absolute atomic E-state index is 0.00956. The van der Waals surface area contributed by atoms with Crippen molar-refractivity contribution in [2.45, 2.75) is 102 Å². The van der Waals surface area contributed by atoms with Crippen molar-refractivity contribution in [3.63, 3.8) is 0 Å². The smallest absolute Gasteiger partial charge is 0.479 e. The first-order chi connectivity index (χ1) is 18.0. The van der Waals surface area contributed by atoms with Gasteiger partial charge in [0.15, 0.2) is 22.8 Å². The summed E-state index contributed by atoms with van der Waals surface area (Å²) in [6, 6.07) is 0. The van der Waals surface area contributed by atoms with E-state index in [1.165, 1.54) is 13.8 Å². The van der Waals surface area contributed by atoms with Crippen LogP contribution in [-0.4, -0.2) is 76.3 Å². The SMILES string of the molecule is CCOC(=O)OC(C)C1=CC(=O)C=C2[C@@H](F)C[C@H]3[C@@H]4C[C@H]5OC(C)(C)O[C@@]5(C(=O)O)[C@@]4(C)C[C@H](O)[C@]3(F)[C@@]12C. The maximum absolute atomic E-state index is 18.0. The average molecular weight is 555 g/mol. The third-order valence-corrected chi connectivity index (χ3v) is 10.2. The number of alkyl halides is 2. The summed E-state index contributed by atoms with van der Waals surface area (Å²) >= 11 is 0. The summed E-state index contributed by atoms with van der Waals surface area (Å²) in [5, 5.41) is 22.1. The van der Waals surface area contributed by atoms with Crippen LogP contribution >= 0.6 is 0 Å². The molecule has 39 heavy (non-hydrogen) atoms. The Hall–Kier alpha value is -2.37.